The molecule has 1 aliphatic heterocycles. The highest BCUT2D eigenvalue weighted by atomic mass is 16.5. The fourth-order valence-corrected chi connectivity index (χ4v) is 4.14. The maximum Gasteiger partial charge on any atom is 0.303 e. The molecule has 4 rings (SSSR count). The molecular formula is C25H28N2O3. The van der Waals surface area contributed by atoms with E-state index in [9.17, 15) is 4.79 Å². The predicted octanol–water partition coefficient (Wildman–Crippen LogP) is 4.41. The van der Waals surface area contributed by atoms with Crippen LogP contribution in [0.4, 0.5) is 5.69 Å². The summed E-state index contributed by atoms with van der Waals surface area (Å²) in [7, 11) is 2.06. The molecule has 3 aromatic rings. The van der Waals surface area contributed by atoms with E-state index in [2.05, 4.69) is 66.7 Å². The van der Waals surface area contributed by atoms with E-state index in [0.29, 0.717) is 6.42 Å². The van der Waals surface area contributed by atoms with Crippen molar-refractivity contribution in [3.8, 4) is 5.75 Å². The Kier molecular flexibility index (Phi) is 5.91. The van der Waals surface area contributed by atoms with E-state index in [1.54, 1.807) is 0 Å². The minimum absolute atomic E-state index is 0.0461. The molecule has 0 amide bonds. The minimum Gasteiger partial charge on any atom is -0.485 e. The molecule has 2 N–H and O–H groups in total. The van der Waals surface area contributed by atoms with Gasteiger partial charge in [-0.25, -0.2) is 0 Å². The van der Waals surface area contributed by atoms with Crippen molar-refractivity contribution in [2.45, 2.75) is 31.9 Å². The average molecular weight is 405 g/mol. The number of carboxylic acids is 1. The Labute approximate surface area is 177 Å². The first-order chi connectivity index (χ1) is 14.5. The molecule has 3 aromatic carbocycles. The molecule has 156 valence electrons. The molecule has 30 heavy (non-hydrogen) atoms. The normalized spacial score (nSPS) is 16.7. The van der Waals surface area contributed by atoms with E-state index >= 15 is 0 Å². The Bertz CT molecular complexity index is 1040. The number of nitrogens with one attached hydrogen (secondary N) is 1. The van der Waals surface area contributed by atoms with Crippen LogP contribution >= 0.6 is 0 Å². The zero-order chi connectivity index (χ0) is 21.1. The number of carboxylic acid groups (broad SMARTS) is 1. The summed E-state index contributed by atoms with van der Waals surface area (Å²) in [6.45, 7) is 3.72. The van der Waals surface area contributed by atoms with Crippen molar-refractivity contribution in [2.75, 3.05) is 25.0 Å². The Morgan fingerprint density at radius 1 is 1.20 bits per heavy atom. The smallest absolute Gasteiger partial charge is 0.303 e. The van der Waals surface area contributed by atoms with Crippen LogP contribution in [-0.2, 0) is 11.2 Å². The molecule has 2 atom stereocenters. The lowest BCUT2D eigenvalue weighted by Gasteiger charge is -2.35. The number of fused-ring (bicyclic) bond motifs is 2. The van der Waals surface area contributed by atoms with Gasteiger partial charge >= 0.3 is 5.97 Å². The van der Waals surface area contributed by atoms with E-state index in [0.717, 1.165) is 30.1 Å². The molecule has 0 aliphatic carbocycles. The summed E-state index contributed by atoms with van der Waals surface area (Å²) >= 11 is 0. The molecule has 5 heteroatoms. The van der Waals surface area contributed by atoms with Gasteiger partial charge in [0.1, 0.15) is 11.9 Å². The van der Waals surface area contributed by atoms with Crippen LogP contribution in [0.15, 0.2) is 60.7 Å². The number of hydrogen-bond acceptors (Lipinski definition) is 4. The van der Waals surface area contributed by atoms with Crippen molar-refractivity contribution in [1.82, 2.24) is 5.32 Å². The van der Waals surface area contributed by atoms with Gasteiger partial charge in [0.25, 0.3) is 0 Å². The third kappa shape index (κ3) is 4.41. The summed E-state index contributed by atoms with van der Waals surface area (Å²) in [6, 6.07) is 21.1. The average Bonchev–Trinajstić information content (AvgIpc) is 2.75. The maximum atomic E-state index is 10.8. The van der Waals surface area contributed by atoms with Gasteiger partial charge in [-0.2, -0.15) is 0 Å². The number of anilines is 1. The Hall–Kier alpha value is -3.05. The second-order valence-electron chi connectivity index (χ2n) is 8.01. The van der Waals surface area contributed by atoms with Crippen LogP contribution in [0.2, 0.25) is 0 Å². The number of ether oxygens (including phenoxy) is 1. The van der Waals surface area contributed by atoms with Crippen molar-refractivity contribution in [3.63, 3.8) is 0 Å². The van der Waals surface area contributed by atoms with Gasteiger partial charge < -0.3 is 20.1 Å². The molecule has 0 spiro atoms. The number of likely N-dealkylation sites (N-methyl/N-ethyl adjacent to an activating group) is 1. The summed E-state index contributed by atoms with van der Waals surface area (Å²) in [5, 5.41) is 15.1. The van der Waals surface area contributed by atoms with Gasteiger partial charge in [0.15, 0.2) is 0 Å². The Morgan fingerprint density at radius 3 is 2.83 bits per heavy atom. The van der Waals surface area contributed by atoms with E-state index in [1.165, 1.54) is 16.3 Å². The van der Waals surface area contributed by atoms with Crippen LogP contribution in [-0.4, -0.2) is 37.3 Å². The van der Waals surface area contributed by atoms with Gasteiger partial charge in [-0.05, 0) is 47.4 Å². The van der Waals surface area contributed by atoms with Gasteiger partial charge in [-0.15, -0.1) is 0 Å². The summed E-state index contributed by atoms with van der Waals surface area (Å²) in [5.41, 5.74) is 3.34. The number of aliphatic carboxylic acids is 1. The molecule has 1 unspecified atom stereocenters. The number of nitrogens with zero attached hydrogens (tertiary/aromatic N) is 1. The fraction of sp³-hybridized carbons (Fsp3) is 0.320. The lowest BCUT2D eigenvalue weighted by molar-refractivity contribution is -0.136. The minimum atomic E-state index is -0.774. The van der Waals surface area contributed by atoms with Gasteiger partial charge in [0.05, 0.1) is 12.2 Å². The van der Waals surface area contributed by atoms with Crippen molar-refractivity contribution >= 4 is 22.4 Å². The second kappa shape index (κ2) is 8.76. The van der Waals surface area contributed by atoms with Crippen LogP contribution in [0, 0.1) is 0 Å². The molecular weight excluding hydrogens is 376 g/mol. The number of carbonyl (C=O) groups is 1. The van der Waals surface area contributed by atoms with Crippen molar-refractivity contribution in [3.05, 3.63) is 71.8 Å². The highest BCUT2D eigenvalue weighted by molar-refractivity contribution is 5.86. The van der Waals surface area contributed by atoms with Crippen LogP contribution in [0.25, 0.3) is 10.8 Å². The quantitative estimate of drug-likeness (QED) is 0.611. The first-order valence-electron chi connectivity index (χ1n) is 10.4. The van der Waals surface area contributed by atoms with Crippen molar-refractivity contribution in [2.24, 2.45) is 0 Å². The van der Waals surface area contributed by atoms with Crippen LogP contribution in [0.1, 0.15) is 30.5 Å². The first-order valence-corrected chi connectivity index (χ1v) is 10.4. The lowest BCUT2D eigenvalue weighted by atomic mass is 9.99. The van der Waals surface area contributed by atoms with Gasteiger partial charge in [0.2, 0.25) is 0 Å². The van der Waals surface area contributed by atoms with Crippen molar-refractivity contribution < 1.29 is 14.6 Å². The van der Waals surface area contributed by atoms with Gasteiger partial charge in [-0.3, -0.25) is 4.79 Å². The highest BCUT2D eigenvalue weighted by Gasteiger charge is 2.24. The molecule has 0 saturated carbocycles. The maximum absolute atomic E-state index is 10.8. The number of benzene rings is 3. The fourth-order valence-electron chi connectivity index (χ4n) is 4.14. The Morgan fingerprint density at radius 2 is 2.00 bits per heavy atom. The van der Waals surface area contributed by atoms with E-state index in [1.807, 2.05) is 18.2 Å². The summed E-state index contributed by atoms with van der Waals surface area (Å²) < 4.78 is 6.24. The molecule has 0 saturated heterocycles. The zero-order valence-corrected chi connectivity index (χ0v) is 17.5. The van der Waals surface area contributed by atoms with E-state index < -0.39 is 5.97 Å². The molecule has 1 heterocycles. The third-order valence-corrected chi connectivity index (χ3v) is 5.77. The molecule has 1 aliphatic rings. The number of aryl methyl sites for hydroxylation is 1. The first kappa shape index (κ1) is 20.2. The van der Waals surface area contributed by atoms with Gasteiger partial charge in [-0.1, -0.05) is 48.5 Å². The van der Waals surface area contributed by atoms with Crippen LogP contribution < -0.4 is 15.0 Å². The molecule has 0 bridgehead atoms. The lowest BCUT2D eigenvalue weighted by Crippen LogP contribution is -2.44. The Balaban J connectivity index is 1.41. The summed E-state index contributed by atoms with van der Waals surface area (Å²) in [6.07, 6.45) is 0.719. The standard InChI is InChI=1S/C25H28N2O3/c1-17(21-9-5-7-19-6-3-4-8-22(19)21)26-15-20-16-27(2)23-14-18(11-13-25(28)29)10-12-24(23)30-20/h3-10,12,14,17,20,26H,11,13,15-16H2,1-2H3,(H,28,29)/t17-,20?/m1/s1. The summed E-state index contributed by atoms with van der Waals surface area (Å²) in [5.74, 6) is 0.0798. The van der Waals surface area contributed by atoms with Crippen LogP contribution in [0.5, 0.6) is 5.75 Å². The van der Waals surface area contributed by atoms with Gasteiger partial charge in [0, 0.05) is 26.1 Å². The summed E-state index contributed by atoms with van der Waals surface area (Å²) in [4.78, 5) is 13.0. The SMILES string of the molecule is C[C@@H](NCC1CN(C)c2cc(CCC(=O)O)ccc2O1)c1cccc2ccccc12. The largest absolute Gasteiger partial charge is 0.485 e. The number of hydrogen-bond donors (Lipinski definition) is 2. The highest BCUT2D eigenvalue weighted by Crippen LogP contribution is 2.34. The topological polar surface area (TPSA) is 61.8 Å². The van der Waals surface area contributed by atoms with E-state index in [-0.39, 0.29) is 18.6 Å². The third-order valence-electron chi connectivity index (χ3n) is 5.77. The molecule has 5 nitrogen and oxygen atoms in total. The van der Waals surface area contributed by atoms with Crippen molar-refractivity contribution in [1.29, 1.82) is 0 Å². The molecule has 0 aromatic heterocycles. The predicted molar refractivity (Wildman–Crippen MR) is 120 cm³/mol. The monoisotopic (exact) mass is 404 g/mol. The van der Waals surface area contributed by atoms with E-state index in [4.69, 9.17) is 9.84 Å². The molecule has 0 fully saturated rings. The second-order valence-corrected chi connectivity index (χ2v) is 8.01. The number of rotatable bonds is 7. The van der Waals surface area contributed by atoms with Crippen LogP contribution in [0.3, 0.4) is 0 Å². The zero-order valence-electron chi connectivity index (χ0n) is 17.5. The molecule has 0 radical (unpaired) electrons.